The van der Waals surface area contributed by atoms with Crippen LogP contribution in [-0.2, 0) is 10.0 Å². The van der Waals surface area contributed by atoms with E-state index in [1.165, 1.54) is 16.6 Å². The van der Waals surface area contributed by atoms with Gasteiger partial charge >= 0.3 is 0 Å². The van der Waals surface area contributed by atoms with Gasteiger partial charge in [0.15, 0.2) is 5.76 Å². The molecule has 124 valence electrons. The van der Waals surface area contributed by atoms with Crippen LogP contribution in [0.25, 0.3) is 0 Å². The lowest BCUT2D eigenvalue weighted by molar-refractivity contribution is 0.0927. The first-order valence-corrected chi connectivity index (χ1v) is 9.08. The molecule has 0 bridgehead atoms. The van der Waals surface area contributed by atoms with E-state index in [0.717, 1.165) is 6.26 Å². The number of rotatable bonds is 6. The number of nitrogens with zero attached hydrogens (tertiary/aromatic N) is 1. The van der Waals surface area contributed by atoms with Crippen LogP contribution in [0.5, 0.6) is 0 Å². The van der Waals surface area contributed by atoms with Gasteiger partial charge in [0, 0.05) is 11.6 Å². The molecule has 0 fully saturated rings. The highest BCUT2D eigenvalue weighted by molar-refractivity contribution is 7.92. The predicted octanol–water partition coefficient (Wildman–Crippen LogP) is 2.44. The number of hydrogen-bond donors (Lipinski definition) is 1. The first kappa shape index (κ1) is 17.4. The maximum atomic E-state index is 12.1. The Bertz CT molecular complexity index is 788. The predicted molar refractivity (Wildman–Crippen MR) is 89.4 cm³/mol. The van der Waals surface area contributed by atoms with Crippen LogP contribution >= 0.6 is 11.6 Å². The number of furan rings is 1. The summed E-state index contributed by atoms with van der Waals surface area (Å²) >= 11 is 6.06. The first-order valence-electron chi connectivity index (χ1n) is 6.85. The lowest BCUT2D eigenvalue weighted by atomic mass is 10.2. The van der Waals surface area contributed by atoms with Crippen LogP contribution in [0, 0.1) is 6.92 Å². The van der Waals surface area contributed by atoms with Crippen molar-refractivity contribution in [1.82, 2.24) is 5.32 Å². The lowest BCUT2D eigenvalue weighted by Crippen LogP contribution is -2.38. The molecule has 0 unspecified atom stereocenters. The minimum Gasteiger partial charge on any atom is -0.459 e. The topological polar surface area (TPSA) is 79.6 Å². The van der Waals surface area contributed by atoms with Gasteiger partial charge in [0.2, 0.25) is 10.0 Å². The second kappa shape index (κ2) is 7.06. The Hall–Kier alpha value is -1.99. The Morgan fingerprint density at radius 2 is 2.04 bits per heavy atom. The standard InChI is InChI=1S/C15H17ClN2O4S/c1-11-12(16)5-3-6-13(11)18(23(2,20)21)9-8-17-15(19)14-7-4-10-22-14/h3-7,10H,8-9H2,1-2H3,(H,17,19). The Kier molecular flexibility index (Phi) is 5.33. The molecule has 0 spiro atoms. The van der Waals surface area contributed by atoms with Crippen LogP contribution < -0.4 is 9.62 Å². The van der Waals surface area contributed by atoms with Crippen molar-refractivity contribution in [2.45, 2.75) is 6.92 Å². The van der Waals surface area contributed by atoms with Crippen molar-refractivity contribution in [2.75, 3.05) is 23.7 Å². The highest BCUT2D eigenvalue weighted by atomic mass is 35.5. The molecular formula is C15H17ClN2O4S. The van der Waals surface area contributed by atoms with Crippen LogP contribution in [0.2, 0.25) is 5.02 Å². The molecule has 0 atom stereocenters. The highest BCUT2D eigenvalue weighted by Gasteiger charge is 2.20. The molecule has 8 heteroatoms. The number of carbonyl (C=O) groups excluding carboxylic acids is 1. The van der Waals surface area contributed by atoms with E-state index in [-0.39, 0.29) is 18.8 Å². The van der Waals surface area contributed by atoms with E-state index in [0.29, 0.717) is 16.3 Å². The minimum atomic E-state index is -3.51. The molecular weight excluding hydrogens is 340 g/mol. The summed E-state index contributed by atoms with van der Waals surface area (Å²) < 4.78 is 30.3. The Morgan fingerprint density at radius 3 is 2.65 bits per heavy atom. The van der Waals surface area contributed by atoms with Crippen molar-refractivity contribution >= 4 is 33.2 Å². The summed E-state index contributed by atoms with van der Waals surface area (Å²) in [5.74, 6) is -0.221. The number of benzene rings is 1. The maximum Gasteiger partial charge on any atom is 0.287 e. The maximum absolute atomic E-state index is 12.1. The van der Waals surface area contributed by atoms with Crippen LogP contribution in [0.4, 0.5) is 5.69 Å². The Labute approximate surface area is 140 Å². The van der Waals surface area contributed by atoms with Gasteiger partial charge in [-0.15, -0.1) is 0 Å². The molecule has 1 heterocycles. The zero-order valence-electron chi connectivity index (χ0n) is 12.7. The second-order valence-corrected chi connectivity index (χ2v) is 7.27. The van der Waals surface area contributed by atoms with Crippen LogP contribution in [0.1, 0.15) is 16.1 Å². The van der Waals surface area contributed by atoms with Crippen LogP contribution in [0.15, 0.2) is 41.0 Å². The number of hydrogen-bond acceptors (Lipinski definition) is 4. The van der Waals surface area contributed by atoms with Crippen molar-refractivity contribution in [3.63, 3.8) is 0 Å². The summed E-state index contributed by atoms with van der Waals surface area (Å²) in [5.41, 5.74) is 1.16. The molecule has 1 aromatic heterocycles. The number of nitrogens with one attached hydrogen (secondary N) is 1. The largest absolute Gasteiger partial charge is 0.459 e. The summed E-state index contributed by atoms with van der Waals surface area (Å²) in [6, 6.07) is 8.19. The third-order valence-electron chi connectivity index (χ3n) is 3.25. The van der Waals surface area contributed by atoms with Crippen molar-refractivity contribution in [3.8, 4) is 0 Å². The monoisotopic (exact) mass is 356 g/mol. The smallest absolute Gasteiger partial charge is 0.287 e. The van der Waals surface area contributed by atoms with Gasteiger partial charge in [0.25, 0.3) is 5.91 Å². The molecule has 1 amide bonds. The van der Waals surface area contributed by atoms with E-state index in [4.69, 9.17) is 16.0 Å². The fourth-order valence-corrected chi connectivity index (χ4v) is 3.24. The first-order chi connectivity index (χ1) is 10.8. The number of amides is 1. The molecule has 2 aromatic rings. The quantitative estimate of drug-likeness (QED) is 0.862. The zero-order chi connectivity index (χ0) is 17.0. The van der Waals surface area contributed by atoms with Gasteiger partial charge in [-0.05, 0) is 36.8 Å². The lowest BCUT2D eigenvalue weighted by Gasteiger charge is -2.24. The molecule has 0 aliphatic rings. The Balaban J connectivity index is 2.12. The summed E-state index contributed by atoms with van der Waals surface area (Å²) in [6.07, 6.45) is 2.51. The fourth-order valence-electron chi connectivity index (χ4n) is 2.10. The summed E-state index contributed by atoms with van der Waals surface area (Å²) in [6.45, 7) is 1.97. The number of sulfonamides is 1. The molecule has 0 aliphatic heterocycles. The van der Waals surface area contributed by atoms with Gasteiger partial charge in [-0.3, -0.25) is 9.10 Å². The summed E-state index contributed by atoms with van der Waals surface area (Å²) in [4.78, 5) is 11.8. The van der Waals surface area contributed by atoms with E-state index in [1.54, 1.807) is 31.2 Å². The molecule has 0 saturated heterocycles. The zero-order valence-corrected chi connectivity index (χ0v) is 14.3. The van der Waals surface area contributed by atoms with Gasteiger partial charge in [0.05, 0.1) is 24.8 Å². The van der Waals surface area contributed by atoms with Gasteiger partial charge in [0.1, 0.15) is 0 Å². The molecule has 2 rings (SSSR count). The summed E-state index contributed by atoms with van der Waals surface area (Å²) in [5, 5.41) is 3.10. The van der Waals surface area contributed by atoms with E-state index in [1.807, 2.05) is 0 Å². The second-order valence-electron chi connectivity index (χ2n) is 4.95. The highest BCUT2D eigenvalue weighted by Crippen LogP contribution is 2.27. The number of halogens is 1. The van der Waals surface area contributed by atoms with Crippen molar-refractivity contribution in [1.29, 1.82) is 0 Å². The SMILES string of the molecule is Cc1c(Cl)cccc1N(CCNC(=O)c1ccco1)S(C)(=O)=O. The molecule has 0 radical (unpaired) electrons. The van der Waals surface area contributed by atoms with Crippen molar-refractivity contribution < 1.29 is 17.6 Å². The van der Waals surface area contributed by atoms with Crippen molar-refractivity contribution in [3.05, 3.63) is 52.9 Å². The number of carbonyl (C=O) groups is 1. The molecule has 0 aliphatic carbocycles. The molecule has 23 heavy (non-hydrogen) atoms. The van der Waals surface area contributed by atoms with E-state index in [9.17, 15) is 13.2 Å². The number of anilines is 1. The third-order valence-corrected chi connectivity index (χ3v) is 4.84. The molecule has 1 N–H and O–H groups in total. The van der Waals surface area contributed by atoms with E-state index in [2.05, 4.69) is 5.32 Å². The van der Waals surface area contributed by atoms with Gasteiger partial charge in [-0.25, -0.2) is 8.42 Å². The molecule has 0 saturated carbocycles. The summed E-state index contributed by atoms with van der Waals surface area (Å²) in [7, 11) is -3.51. The van der Waals surface area contributed by atoms with Crippen LogP contribution in [-0.4, -0.2) is 33.7 Å². The average molecular weight is 357 g/mol. The van der Waals surface area contributed by atoms with E-state index >= 15 is 0 Å². The van der Waals surface area contributed by atoms with Crippen molar-refractivity contribution in [2.24, 2.45) is 0 Å². The normalized spacial score (nSPS) is 11.3. The van der Waals surface area contributed by atoms with E-state index < -0.39 is 15.9 Å². The fraction of sp³-hybridized carbons (Fsp3) is 0.267. The van der Waals surface area contributed by atoms with Gasteiger partial charge < -0.3 is 9.73 Å². The molecule has 6 nitrogen and oxygen atoms in total. The Morgan fingerprint density at radius 1 is 1.30 bits per heavy atom. The average Bonchev–Trinajstić information content (AvgIpc) is 3.00. The van der Waals surface area contributed by atoms with Gasteiger partial charge in [-0.1, -0.05) is 17.7 Å². The molecule has 1 aromatic carbocycles. The minimum absolute atomic E-state index is 0.0897. The third kappa shape index (κ3) is 4.27. The van der Waals surface area contributed by atoms with Gasteiger partial charge in [-0.2, -0.15) is 0 Å². The van der Waals surface area contributed by atoms with Crippen LogP contribution in [0.3, 0.4) is 0 Å².